The highest BCUT2D eigenvalue weighted by atomic mass is 15.2. The van der Waals surface area contributed by atoms with E-state index in [1.165, 1.54) is 51.7 Å². The van der Waals surface area contributed by atoms with Gasteiger partial charge in [0, 0.05) is 24.7 Å². The Morgan fingerprint density at radius 2 is 2.00 bits per heavy atom. The van der Waals surface area contributed by atoms with Gasteiger partial charge in [0.1, 0.15) is 0 Å². The number of hydrogen-bond acceptors (Lipinski definition) is 2. The first-order valence-electron chi connectivity index (χ1n) is 7.99. The number of piperazine rings is 1. The molecule has 0 aromatic rings. The van der Waals surface area contributed by atoms with Crippen molar-refractivity contribution in [1.29, 1.82) is 0 Å². The van der Waals surface area contributed by atoms with Gasteiger partial charge in [-0.1, -0.05) is 40.5 Å². The fraction of sp³-hybridized carbons (Fsp3) is 1.00. The molecule has 0 aromatic heterocycles. The van der Waals surface area contributed by atoms with Crippen LogP contribution in [0.1, 0.15) is 66.7 Å². The van der Waals surface area contributed by atoms with Gasteiger partial charge in [-0.05, 0) is 38.6 Å². The van der Waals surface area contributed by atoms with E-state index in [0.717, 1.165) is 12.0 Å². The first kappa shape index (κ1) is 16.0. The van der Waals surface area contributed by atoms with E-state index in [0.29, 0.717) is 5.54 Å². The van der Waals surface area contributed by atoms with Crippen molar-refractivity contribution in [3.63, 3.8) is 0 Å². The number of hydrogen-bond donors (Lipinski definition) is 1. The van der Waals surface area contributed by atoms with Crippen LogP contribution in [0.2, 0.25) is 0 Å². The second-order valence-corrected chi connectivity index (χ2v) is 6.76. The lowest BCUT2D eigenvalue weighted by molar-refractivity contribution is 0.0714. The first-order valence-corrected chi connectivity index (χ1v) is 7.99. The minimum absolute atomic E-state index is 0.333. The summed E-state index contributed by atoms with van der Waals surface area (Å²) in [5.74, 6) is 0.802. The van der Waals surface area contributed by atoms with Gasteiger partial charge in [0.25, 0.3) is 0 Å². The molecule has 0 amide bonds. The van der Waals surface area contributed by atoms with Crippen molar-refractivity contribution in [3.8, 4) is 0 Å². The molecule has 0 aromatic carbocycles. The van der Waals surface area contributed by atoms with E-state index in [9.17, 15) is 0 Å². The maximum atomic E-state index is 3.78. The van der Waals surface area contributed by atoms with Crippen molar-refractivity contribution in [2.24, 2.45) is 5.92 Å². The third-order valence-electron chi connectivity index (χ3n) is 4.41. The highest BCUT2D eigenvalue weighted by Crippen LogP contribution is 2.23. The molecule has 1 fully saturated rings. The normalized spacial score (nSPS) is 30.0. The van der Waals surface area contributed by atoms with E-state index in [1.807, 2.05) is 0 Å². The smallest absolute Gasteiger partial charge is 0.0278 e. The van der Waals surface area contributed by atoms with Gasteiger partial charge in [-0.3, -0.25) is 4.90 Å². The molecule has 0 saturated carbocycles. The van der Waals surface area contributed by atoms with Crippen molar-refractivity contribution in [1.82, 2.24) is 10.2 Å². The van der Waals surface area contributed by atoms with Crippen LogP contribution < -0.4 is 5.32 Å². The summed E-state index contributed by atoms with van der Waals surface area (Å²) < 4.78 is 0. The molecule has 1 saturated heterocycles. The molecule has 18 heavy (non-hydrogen) atoms. The summed E-state index contributed by atoms with van der Waals surface area (Å²) in [6.45, 7) is 15.4. The second-order valence-electron chi connectivity index (χ2n) is 6.76. The summed E-state index contributed by atoms with van der Waals surface area (Å²) in [6.07, 6.45) is 6.63. The lowest BCUT2D eigenvalue weighted by atomic mass is 9.90. The summed E-state index contributed by atoms with van der Waals surface area (Å²) in [4.78, 5) is 2.76. The van der Waals surface area contributed by atoms with Crippen LogP contribution in [0, 0.1) is 5.92 Å². The Bertz CT molecular complexity index is 227. The topological polar surface area (TPSA) is 15.3 Å². The predicted octanol–water partition coefficient (Wildman–Crippen LogP) is 3.67. The minimum atomic E-state index is 0.333. The lowest BCUT2D eigenvalue weighted by Crippen LogP contribution is -2.62. The molecule has 1 aliphatic rings. The van der Waals surface area contributed by atoms with E-state index in [4.69, 9.17) is 0 Å². The number of rotatable bonds is 7. The van der Waals surface area contributed by atoms with Crippen LogP contribution in [-0.2, 0) is 0 Å². The van der Waals surface area contributed by atoms with Crippen LogP contribution in [0.25, 0.3) is 0 Å². The van der Waals surface area contributed by atoms with Crippen molar-refractivity contribution in [2.75, 3.05) is 19.6 Å². The molecule has 2 heteroatoms. The molecule has 2 atom stereocenters. The molecule has 0 spiro atoms. The zero-order chi connectivity index (χ0) is 13.6. The molecule has 2 nitrogen and oxygen atoms in total. The molecule has 0 bridgehead atoms. The van der Waals surface area contributed by atoms with Crippen molar-refractivity contribution in [3.05, 3.63) is 0 Å². The van der Waals surface area contributed by atoms with E-state index >= 15 is 0 Å². The number of unbranched alkanes of at least 4 members (excludes halogenated alkanes) is 2. The molecule has 0 radical (unpaired) electrons. The van der Waals surface area contributed by atoms with Crippen molar-refractivity contribution < 1.29 is 0 Å². The van der Waals surface area contributed by atoms with Gasteiger partial charge in [-0.25, -0.2) is 0 Å². The molecule has 1 N–H and O–H groups in total. The van der Waals surface area contributed by atoms with E-state index in [-0.39, 0.29) is 0 Å². The highest BCUT2D eigenvalue weighted by Gasteiger charge is 2.34. The van der Waals surface area contributed by atoms with E-state index in [1.54, 1.807) is 0 Å². The number of nitrogens with zero attached hydrogens (tertiary/aromatic N) is 1. The summed E-state index contributed by atoms with van der Waals surface area (Å²) >= 11 is 0. The molecular formula is C16H34N2. The molecule has 1 aliphatic heterocycles. The zero-order valence-electron chi connectivity index (χ0n) is 13.3. The fourth-order valence-corrected chi connectivity index (χ4v) is 2.97. The molecule has 108 valence electrons. The fourth-order valence-electron chi connectivity index (χ4n) is 2.97. The highest BCUT2D eigenvalue weighted by molar-refractivity contribution is 4.94. The Morgan fingerprint density at radius 3 is 2.56 bits per heavy atom. The third kappa shape index (κ3) is 4.89. The largest absolute Gasteiger partial charge is 0.309 e. The maximum absolute atomic E-state index is 3.78. The summed E-state index contributed by atoms with van der Waals surface area (Å²) in [6, 6.07) is 0.751. The van der Waals surface area contributed by atoms with Crippen molar-refractivity contribution >= 4 is 0 Å². The van der Waals surface area contributed by atoms with Crippen LogP contribution in [-0.4, -0.2) is 36.1 Å². The SMILES string of the molecule is CCCCCN1CC(C)(CC)NCC1CC(C)C. The summed E-state index contributed by atoms with van der Waals surface area (Å²) in [7, 11) is 0. The zero-order valence-corrected chi connectivity index (χ0v) is 13.3. The van der Waals surface area contributed by atoms with Gasteiger partial charge >= 0.3 is 0 Å². The van der Waals surface area contributed by atoms with Crippen LogP contribution in [0.5, 0.6) is 0 Å². The quantitative estimate of drug-likeness (QED) is 0.697. The number of nitrogens with one attached hydrogen (secondary N) is 1. The van der Waals surface area contributed by atoms with E-state index in [2.05, 4.69) is 44.8 Å². The van der Waals surface area contributed by atoms with Gasteiger partial charge in [-0.15, -0.1) is 0 Å². The maximum Gasteiger partial charge on any atom is 0.0278 e. The van der Waals surface area contributed by atoms with Crippen LogP contribution in [0.15, 0.2) is 0 Å². The van der Waals surface area contributed by atoms with Crippen LogP contribution in [0.4, 0.5) is 0 Å². The molecule has 2 unspecified atom stereocenters. The third-order valence-corrected chi connectivity index (χ3v) is 4.41. The van der Waals surface area contributed by atoms with Gasteiger partial charge < -0.3 is 5.32 Å². The molecule has 1 rings (SSSR count). The van der Waals surface area contributed by atoms with Crippen LogP contribution in [0.3, 0.4) is 0 Å². The Kier molecular flexibility index (Phi) is 6.65. The Balaban J connectivity index is 2.55. The standard InChI is InChI=1S/C16H34N2/c1-6-8-9-10-18-13-16(5,7-2)17-12-15(18)11-14(3)4/h14-15,17H,6-13H2,1-5H3. The van der Waals surface area contributed by atoms with Gasteiger partial charge in [-0.2, -0.15) is 0 Å². The Labute approximate surface area is 115 Å². The van der Waals surface area contributed by atoms with Gasteiger partial charge in [0.2, 0.25) is 0 Å². The first-order chi connectivity index (χ1) is 8.50. The van der Waals surface area contributed by atoms with Gasteiger partial charge in [0.05, 0.1) is 0 Å². The van der Waals surface area contributed by atoms with Gasteiger partial charge in [0.15, 0.2) is 0 Å². The predicted molar refractivity (Wildman–Crippen MR) is 81.0 cm³/mol. The average Bonchev–Trinajstić information content (AvgIpc) is 2.33. The Hall–Kier alpha value is -0.0800. The Morgan fingerprint density at radius 1 is 1.28 bits per heavy atom. The molecular weight excluding hydrogens is 220 g/mol. The lowest BCUT2D eigenvalue weighted by Gasteiger charge is -2.46. The van der Waals surface area contributed by atoms with E-state index < -0.39 is 0 Å². The summed E-state index contributed by atoms with van der Waals surface area (Å²) in [5, 5.41) is 3.78. The molecule has 1 heterocycles. The average molecular weight is 254 g/mol. The summed E-state index contributed by atoms with van der Waals surface area (Å²) in [5.41, 5.74) is 0.333. The van der Waals surface area contributed by atoms with Crippen LogP contribution >= 0.6 is 0 Å². The monoisotopic (exact) mass is 254 g/mol. The minimum Gasteiger partial charge on any atom is -0.309 e. The molecule has 0 aliphatic carbocycles. The van der Waals surface area contributed by atoms with Crippen molar-refractivity contribution in [2.45, 2.75) is 78.3 Å². The second kappa shape index (κ2) is 7.49.